The number of hydrogen-bond acceptors (Lipinski definition) is 5. The van der Waals surface area contributed by atoms with Gasteiger partial charge in [0.05, 0.1) is 5.56 Å². The van der Waals surface area contributed by atoms with Gasteiger partial charge in [-0.05, 0) is 24.3 Å². The number of amides is 4. The summed E-state index contributed by atoms with van der Waals surface area (Å²) < 4.78 is 41.6. The van der Waals surface area contributed by atoms with Gasteiger partial charge in [0.15, 0.2) is 6.61 Å². The predicted molar refractivity (Wildman–Crippen MR) is 72.5 cm³/mol. The Kier molecular flexibility index (Phi) is 6.27. The van der Waals surface area contributed by atoms with E-state index < -0.39 is 48.7 Å². The highest BCUT2D eigenvalue weighted by Crippen LogP contribution is 2.28. The molecule has 11 heteroatoms. The first-order chi connectivity index (χ1) is 11.1. The van der Waals surface area contributed by atoms with Crippen LogP contribution < -0.4 is 16.4 Å². The van der Waals surface area contributed by atoms with Crippen molar-refractivity contribution in [3.8, 4) is 0 Å². The summed E-state index contributed by atoms with van der Waals surface area (Å²) >= 11 is 0. The van der Waals surface area contributed by atoms with E-state index in [0.29, 0.717) is 0 Å². The minimum atomic E-state index is -4.52. The molecule has 0 saturated heterocycles. The number of nitrogens with two attached hydrogens (primary N) is 1. The Bertz CT molecular complexity index is 643. The molecule has 0 aliphatic heterocycles. The van der Waals surface area contributed by atoms with Crippen molar-refractivity contribution in [2.24, 2.45) is 5.73 Å². The van der Waals surface area contributed by atoms with Gasteiger partial charge in [-0.15, -0.1) is 0 Å². The van der Waals surface area contributed by atoms with E-state index in [1.807, 2.05) is 0 Å². The van der Waals surface area contributed by atoms with Crippen LogP contribution in [-0.4, -0.2) is 37.0 Å². The second-order valence-electron chi connectivity index (χ2n) is 4.33. The van der Waals surface area contributed by atoms with E-state index in [0.717, 1.165) is 24.3 Å². The Labute approximate surface area is 133 Å². The molecule has 24 heavy (non-hydrogen) atoms. The molecule has 0 aliphatic carbocycles. The zero-order valence-electron chi connectivity index (χ0n) is 12.0. The number of primary amides is 1. The van der Waals surface area contributed by atoms with Crippen molar-refractivity contribution >= 4 is 23.8 Å². The van der Waals surface area contributed by atoms with Crippen molar-refractivity contribution in [1.82, 2.24) is 10.6 Å². The minimum Gasteiger partial charge on any atom is -0.454 e. The highest BCUT2D eigenvalue weighted by Gasteiger charge is 2.30. The Hall–Kier alpha value is -3.11. The Balaban J connectivity index is 2.44. The van der Waals surface area contributed by atoms with Gasteiger partial charge in [0.1, 0.15) is 6.54 Å². The van der Waals surface area contributed by atoms with Crippen LogP contribution in [-0.2, 0) is 20.5 Å². The maximum Gasteiger partial charge on any atom is 0.416 e. The van der Waals surface area contributed by atoms with Gasteiger partial charge in [-0.2, -0.15) is 13.2 Å². The first-order valence-corrected chi connectivity index (χ1v) is 6.30. The molecule has 0 atom stereocenters. The number of ether oxygens (including phenoxy) is 1. The van der Waals surface area contributed by atoms with Gasteiger partial charge in [-0.25, -0.2) is 4.79 Å². The van der Waals surface area contributed by atoms with Crippen LogP contribution in [0.1, 0.15) is 15.9 Å². The number of nitrogens with one attached hydrogen (secondary N) is 2. The van der Waals surface area contributed by atoms with Crippen LogP contribution in [0, 0.1) is 0 Å². The molecule has 0 radical (unpaired) electrons. The van der Waals surface area contributed by atoms with Crippen molar-refractivity contribution in [2.45, 2.75) is 6.18 Å². The number of halogens is 3. The highest BCUT2D eigenvalue weighted by molar-refractivity contribution is 5.97. The van der Waals surface area contributed by atoms with E-state index >= 15 is 0 Å². The molecule has 0 unspecified atom stereocenters. The standard InChI is InChI=1S/C13H12F3N3O5/c14-13(15,16)8-3-1-7(2-4-8)11(22)18-5-10(21)24-6-9(20)19-12(17)23/h1-4H,5-6H2,(H,18,22)(H3,17,19,20,23). The molecular formula is C13H12F3N3O5. The number of carbonyl (C=O) groups excluding carboxylic acids is 4. The van der Waals surface area contributed by atoms with Crippen LogP contribution in [0.3, 0.4) is 0 Å². The average molecular weight is 347 g/mol. The molecule has 0 fully saturated rings. The normalized spacial score (nSPS) is 10.6. The van der Waals surface area contributed by atoms with Gasteiger partial charge < -0.3 is 15.8 Å². The molecule has 4 amide bonds. The third-order valence-corrected chi connectivity index (χ3v) is 2.49. The van der Waals surface area contributed by atoms with Crippen LogP contribution in [0.15, 0.2) is 24.3 Å². The van der Waals surface area contributed by atoms with Gasteiger partial charge in [0.2, 0.25) is 0 Å². The molecule has 8 nitrogen and oxygen atoms in total. The van der Waals surface area contributed by atoms with Crippen LogP contribution in [0.5, 0.6) is 0 Å². The molecular weight excluding hydrogens is 335 g/mol. The molecule has 0 bridgehead atoms. The Morgan fingerprint density at radius 3 is 2.17 bits per heavy atom. The molecule has 130 valence electrons. The van der Waals surface area contributed by atoms with Gasteiger partial charge >= 0.3 is 18.2 Å². The summed E-state index contributed by atoms with van der Waals surface area (Å²) in [6.45, 7) is -1.40. The van der Waals surface area contributed by atoms with Gasteiger partial charge in [0, 0.05) is 5.56 Å². The zero-order valence-corrected chi connectivity index (χ0v) is 12.0. The van der Waals surface area contributed by atoms with E-state index in [2.05, 4.69) is 15.8 Å². The lowest BCUT2D eigenvalue weighted by Crippen LogP contribution is -2.39. The van der Waals surface area contributed by atoms with Gasteiger partial charge in [-0.1, -0.05) is 0 Å². The van der Waals surface area contributed by atoms with E-state index in [9.17, 15) is 32.3 Å². The van der Waals surface area contributed by atoms with Crippen molar-refractivity contribution in [2.75, 3.05) is 13.2 Å². The minimum absolute atomic E-state index is 0.0951. The van der Waals surface area contributed by atoms with Crippen molar-refractivity contribution in [3.05, 3.63) is 35.4 Å². The molecule has 0 heterocycles. The monoisotopic (exact) mass is 347 g/mol. The summed E-state index contributed by atoms with van der Waals surface area (Å²) in [5.41, 5.74) is 3.65. The maximum absolute atomic E-state index is 12.4. The van der Waals surface area contributed by atoms with E-state index in [1.54, 1.807) is 5.32 Å². The molecule has 1 rings (SSSR count). The highest BCUT2D eigenvalue weighted by atomic mass is 19.4. The quantitative estimate of drug-likeness (QED) is 0.655. The third kappa shape index (κ3) is 6.34. The summed E-state index contributed by atoms with van der Waals surface area (Å²) in [5, 5.41) is 3.75. The fourth-order valence-electron chi connectivity index (χ4n) is 1.44. The smallest absolute Gasteiger partial charge is 0.416 e. The topological polar surface area (TPSA) is 128 Å². The van der Waals surface area contributed by atoms with Gasteiger partial charge in [-0.3, -0.25) is 19.7 Å². The zero-order chi connectivity index (χ0) is 18.3. The van der Waals surface area contributed by atoms with E-state index in [4.69, 9.17) is 0 Å². The number of benzene rings is 1. The van der Waals surface area contributed by atoms with Crippen molar-refractivity contribution < 1.29 is 37.1 Å². The molecule has 0 saturated carbocycles. The summed E-state index contributed by atoms with van der Waals surface area (Å²) in [5.74, 6) is -2.75. The Morgan fingerprint density at radius 1 is 1.08 bits per heavy atom. The number of urea groups is 1. The predicted octanol–water partition coefficient (Wildman–Crippen LogP) is 0.173. The summed E-state index contributed by atoms with van der Waals surface area (Å²) in [6.07, 6.45) is -4.52. The number of imide groups is 1. The van der Waals surface area contributed by atoms with E-state index in [-0.39, 0.29) is 5.56 Å². The van der Waals surface area contributed by atoms with Crippen LogP contribution >= 0.6 is 0 Å². The van der Waals surface area contributed by atoms with Crippen LogP contribution in [0.4, 0.5) is 18.0 Å². The summed E-state index contributed by atoms with van der Waals surface area (Å²) in [7, 11) is 0. The number of carbonyl (C=O) groups is 4. The van der Waals surface area contributed by atoms with Crippen LogP contribution in [0.2, 0.25) is 0 Å². The SMILES string of the molecule is NC(=O)NC(=O)COC(=O)CNC(=O)c1ccc(C(F)(F)F)cc1. The second-order valence-corrected chi connectivity index (χ2v) is 4.33. The average Bonchev–Trinajstić information content (AvgIpc) is 2.49. The van der Waals surface area contributed by atoms with Gasteiger partial charge in [0.25, 0.3) is 11.8 Å². The second kappa shape index (κ2) is 7.94. The largest absolute Gasteiger partial charge is 0.454 e. The lowest BCUT2D eigenvalue weighted by molar-refractivity contribution is -0.147. The number of esters is 1. The lowest BCUT2D eigenvalue weighted by Gasteiger charge is -2.08. The molecule has 1 aromatic carbocycles. The summed E-state index contributed by atoms with van der Waals surface area (Å²) in [4.78, 5) is 44.2. The molecule has 1 aromatic rings. The third-order valence-electron chi connectivity index (χ3n) is 2.49. The van der Waals surface area contributed by atoms with Crippen LogP contribution in [0.25, 0.3) is 0 Å². The summed E-state index contributed by atoms with van der Waals surface area (Å²) in [6, 6.07) is 2.22. The Morgan fingerprint density at radius 2 is 1.67 bits per heavy atom. The maximum atomic E-state index is 12.4. The fourth-order valence-corrected chi connectivity index (χ4v) is 1.44. The van der Waals surface area contributed by atoms with Crippen molar-refractivity contribution in [3.63, 3.8) is 0 Å². The number of alkyl halides is 3. The van der Waals surface area contributed by atoms with E-state index in [1.165, 1.54) is 0 Å². The molecule has 0 aliphatic rings. The number of hydrogen-bond donors (Lipinski definition) is 3. The molecule has 4 N–H and O–H groups in total. The van der Waals surface area contributed by atoms with Crippen molar-refractivity contribution in [1.29, 1.82) is 0 Å². The first kappa shape index (κ1) is 18.9. The first-order valence-electron chi connectivity index (χ1n) is 6.30. The molecule has 0 spiro atoms. The fraction of sp³-hybridized carbons (Fsp3) is 0.231. The molecule has 0 aromatic heterocycles. The lowest BCUT2D eigenvalue weighted by atomic mass is 10.1. The number of rotatable bonds is 5.